The zero-order valence-corrected chi connectivity index (χ0v) is 8.00. The molecule has 0 spiro atoms. The van der Waals surface area contributed by atoms with Crippen LogP contribution in [0.5, 0.6) is 0 Å². The molecule has 0 unspecified atom stereocenters. The number of nitrogens with zero attached hydrogens (tertiary/aromatic N) is 1. The van der Waals surface area contributed by atoms with E-state index in [1.807, 2.05) is 0 Å². The molecule has 1 heterocycles. The number of hydrogen-bond acceptors (Lipinski definition) is 2. The largest absolute Gasteiger partial charge is 0.330 e. The number of thiol groups is 1. The van der Waals surface area contributed by atoms with Crippen molar-refractivity contribution in [1.82, 2.24) is 0 Å². The molecule has 0 aliphatic carbocycles. The lowest BCUT2D eigenvalue weighted by atomic mass is 10.2. The summed E-state index contributed by atoms with van der Waals surface area (Å²) in [6.07, 6.45) is 5.10. The Bertz CT molecular complexity index is 195. The first kappa shape index (κ1) is 9.55. The molecule has 0 aliphatic heterocycles. The summed E-state index contributed by atoms with van der Waals surface area (Å²) in [7, 11) is 0. The molecule has 2 nitrogen and oxygen atoms in total. The molecule has 0 bridgehead atoms. The van der Waals surface area contributed by atoms with E-state index in [-0.39, 0.29) is 0 Å². The molecule has 1 aromatic heterocycles. The van der Waals surface area contributed by atoms with Gasteiger partial charge in [-0.05, 0) is 18.5 Å². The maximum Gasteiger partial charge on any atom is 0.169 e. The van der Waals surface area contributed by atoms with Crippen molar-refractivity contribution >= 4 is 12.6 Å². The fourth-order valence-corrected chi connectivity index (χ4v) is 1.32. The molecule has 0 amide bonds. The number of aryl methyl sites for hydroxylation is 1. The van der Waals surface area contributed by atoms with Crippen LogP contribution >= 0.6 is 12.6 Å². The molecular weight excluding hydrogens is 168 g/mol. The number of pyridine rings is 1. The Morgan fingerprint density at radius 1 is 1.33 bits per heavy atom. The third-order valence-electron chi connectivity index (χ3n) is 1.75. The summed E-state index contributed by atoms with van der Waals surface area (Å²) in [6.45, 7) is 1.68. The van der Waals surface area contributed by atoms with Gasteiger partial charge in [-0.1, -0.05) is 0 Å². The summed E-state index contributed by atoms with van der Waals surface area (Å²) in [4.78, 5) is 0. The number of aromatic nitrogens is 1. The molecule has 1 aromatic rings. The maximum atomic E-state index is 5.44. The maximum absolute atomic E-state index is 5.44. The van der Waals surface area contributed by atoms with E-state index in [0.717, 1.165) is 25.3 Å². The Kier molecular flexibility index (Phi) is 4.11. The van der Waals surface area contributed by atoms with Gasteiger partial charge >= 0.3 is 0 Å². The number of rotatable bonds is 4. The lowest BCUT2D eigenvalue weighted by Crippen LogP contribution is -2.33. The van der Waals surface area contributed by atoms with Crippen LogP contribution in [0, 0.1) is 0 Å². The Morgan fingerprint density at radius 3 is 2.50 bits per heavy atom. The van der Waals surface area contributed by atoms with Crippen LogP contribution in [0.1, 0.15) is 5.56 Å². The summed E-state index contributed by atoms with van der Waals surface area (Å²) < 4.78 is 2.12. The van der Waals surface area contributed by atoms with Crippen LogP contribution in [0.15, 0.2) is 24.5 Å². The van der Waals surface area contributed by atoms with Crippen molar-refractivity contribution in [3.05, 3.63) is 30.1 Å². The second kappa shape index (κ2) is 5.17. The van der Waals surface area contributed by atoms with Crippen LogP contribution in [0.4, 0.5) is 0 Å². The molecule has 3 heteroatoms. The van der Waals surface area contributed by atoms with Gasteiger partial charge in [0.2, 0.25) is 0 Å². The smallest absolute Gasteiger partial charge is 0.169 e. The van der Waals surface area contributed by atoms with Gasteiger partial charge in [-0.25, -0.2) is 4.57 Å². The molecule has 0 radical (unpaired) electrons. The fourth-order valence-electron chi connectivity index (χ4n) is 1.09. The third kappa shape index (κ3) is 2.83. The topological polar surface area (TPSA) is 29.9 Å². The predicted octanol–water partition coefficient (Wildman–Crippen LogP) is 0.405. The zero-order valence-electron chi connectivity index (χ0n) is 7.11. The lowest BCUT2D eigenvalue weighted by molar-refractivity contribution is -0.692. The second-order valence-corrected chi connectivity index (χ2v) is 3.15. The quantitative estimate of drug-likeness (QED) is 0.514. The van der Waals surface area contributed by atoms with Gasteiger partial charge in [0.1, 0.15) is 0 Å². The minimum Gasteiger partial charge on any atom is -0.330 e. The molecule has 0 fully saturated rings. The first-order chi connectivity index (χ1) is 5.86. The summed E-state index contributed by atoms with van der Waals surface area (Å²) in [6, 6.07) is 4.21. The highest BCUT2D eigenvalue weighted by molar-refractivity contribution is 7.80. The molecule has 12 heavy (non-hydrogen) atoms. The molecule has 0 atom stereocenters. The average Bonchev–Trinajstić information content (AvgIpc) is 2.09. The van der Waals surface area contributed by atoms with E-state index >= 15 is 0 Å². The fraction of sp³-hybridized carbons (Fsp3) is 0.444. The first-order valence-electron chi connectivity index (χ1n) is 4.15. The summed E-state index contributed by atoms with van der Waals surface area (Å²) in [5.74, 6) is 0.876. The summed E-state index contributed by atoms with van der Waals surface area (Å²) in [5.41, 5.74) is 6.74. The van der Waals surface area contributed by atoms with Crippen LogP contribution in [0.3, 0.4) is 0 Å². The molecule has 0 aliphatic rings. The second-order valence-electron chi connectivity index (χ2n) is 2.71. The molecule has 2 N–H and O–H groups in total. The summed E-state index contributed by atoms with van der Waals surface area (Å²) >= 11 is 4.16. The van der Waals surface area contributed by atoms with E-state index in [9.17, 15) is 0 Å². The van der Waals surface area contributed by atoms with E-state index in [1.54, 1.807) is 0 Å². The van der Waals surface area contributed by atoms with Crippen molar-refractivity contribution in [2.24, 2.45) is 5.73 Å². The van der Waals surface area contributed by atoms with Crippen LogP contribution in [0.25, 0.3) is 0 Å². The van der Waals surface area contributed by atoms with Gasteiger partial charge in [0.15, 0.2) is 18.9 Å². The number of nitrogens with two attached hydrogens (primary N) is 1. The van der Waals surface area contributed by atoms with E-state index in [1.165, 1.54) is 5.56 Å². The minimum absolute atomic E-state index is 0.719. The highest BCUT2D eigenvalue weighted by atomic mass is 32.1. The SMILES string of the molecule is NCCc1cc[n+](CCS)cc1. The van der Waals surface area contributed by atoms with Crippen LogP contribution in [0.2, 0.25) is 0 Å². The van der Waals surface area contributed by atoms with Crippen molar-refractivity contribution in [3.8, 4) is 0 Å². The number of hydrogen-bond donors (Lipinski definition) is 2. The van der Waals surface area contributed by atoms with Gasteiger partial charge < -0.3 is 5.73 Å². The molecular formula is C9H15N2S+. The zero-order chi connectivity index (χ0) is 8.81. The van der Waals surface area contributed by atoms with Crippen molar-refractivity contribution in [1.29, 1.82) is 0 Å². The van der Waals surface area contributed by atoms with Gasteiger partial charge in [0, 0.05) is 17.9 Å². The average molecular weight is 183 g/mol. The van der Waals surface area contributed by atoms with E-state index in [4.69, 9.17) is 5.73 Å². The van der Waals surface area contributed by atoms with E-state index in [0.29, 0.717) is 0 Å². The van der Waals surface area contributed by atoms with Crippen LogP contribution in [-0.4, -0.2) is 12.3 Å². The Morgan fingerprint density at radius 2 is 2.00 bits per heavy atom. The van der Waals surface area contributed by atoms with Gasteiger partial charge in [0.25, 0.3) is 0 Å². The molecule has 0 saturated heterocycles. The lowest BCUT2D eigenvalue weighted by Gasteiger charge is -1.96. The van der Waals surface area contributed by atoms with Crippen LogP contribution < -0.4 is 10.3 Å². The van der Waals surface area contributed by atoms with Crippen molar-refractivity contribution in [2.75, 3.05) is 12.3 Å². The molecule has 0 aromatic carbocycles. The van der Waals surface area contributed by atoms with Gasteiger partial charge in [-0.2, -0.15) is 12.6 Å². The molecule has 0 saturated carbocycles. The first-order valence-corrected chi connectivity index (χ1v) is 4.79. The van der Waals surface area contributed by atoms with Crippen LogP contribution in [-0.2, 0) is 13.0 Å². The van der Waals surface area contributed by atoms with Crippen molar-refractivity contribution < 1.29 is 4.57 Å². The minimum atomic E-state index is 0.719. The van der Waals surface area contributed by atoms with Gasteiger partial charge in [-0.15, -0.1) is 0 Å². The predicted molar refractivity (Wildman–Crippen MR) is 53.2 cm³/mol. The van der Waals surface area contributed by atoms with Gasteiger partial charge in [-0.3, -0.25) is 0 Å². The Hall–Kier alpha value is -0.540. The highest BCUT2D eigenvalue weighted by Gasteiger charge is 1.97. The third-order valence-corrected chi connectivity index (χ3v) is 1.95. The van der Waals surface area contributed by atoms with Gasteiger partial charge in [0.05, 0.1) is 0 Å². The van der Waals surface area contributed by atoms with E-state index < -0.39 is 0 Å². The van der Waals surface area contributed by atoms with Crippen molar-refractivity contribution in [2.45, 2.75) is 13.0 Å². The molecule has 1 rings (SSSR count). The Labute approximate surface area is 78.8 Å². The van der Waals surface area contributed by atoms with E-state index in [2.05, 4.69) is 41.7 Å². The normalized spacial score (nSPS) is 10.2. The summed E-state index contributed by atoms with van der Waals surface area (Å²) in [5, 5.41) is 0. The standard InChI is InChI=1S/C9H14N2S/c10-4-1-9-2-5-11(6-3-9)7-8-12/h2-3,5-6H,1,4,7-8,10H2/p+1. The monoisotopic (exact) mass is 183 g/mol. The Balaban J connectivity index is 2.58. The molecule has 66 valence electrons. The highest BCUT2D eigenvalue weighted by Crippen LogP contribution is 1.94. The van der Waals surface area contributed by atoms with Crippen molar-refractivity contribution in [3.63, 3.8) is 0 Å².